The number of carbonyl (C=O) groups excluding carboxylic acids is 1. The molecule has 0 radical (unpaired) electrons. The van der Waals surface area contributed by atoms with Gasteiger partial charge in [-0.15, -0.1) is 0 Å². The van der Waals surface area contributed by atoms with Crippen molar-refractivity contribution in [3.05, 3.63) is 29.8 Å². The van der Waals surface area contributed by atoms with Crippen molar-refractivity contribution in [3.63, 3.8) is 0 Å². The van der Waals surface area contributed by atoms with Crippen LogP contribution in [-0.4, -0.2) is 31.1 Å². The summed E-state index contributed by atoms with van der Waals surface area (Å²) in [5, 5.41) is 11.3. The number of methoxy groups -OCH3 is 1. The molecule has 0 saturated heterocycles. The third-order valence-corrected chi connectivity index (χ3v) is 2.20. The number of carbonyl (C=O) groups is 2. The maximum Gasteiger partial charge on any atom is 0.320 e. The minimum Gasteiger partial charge on any atom is -0.497 e. The summed E-state index contributed by atoms with van der Waals surface area (Å²) < 4.78 is 4.95. The summed E-state index contributed by atoms with van der Waals surface area (Å²) in [6, 6.07) is 6.36. The number of aliphatic carboxylic acids is 1. The van der Waals surface area contributed by atoms with Gasteiger partial charge in [-0.1, -0.05) is 12.1 Å². The molecule has 16 heavy (non-hydrogen) atoms. The first kappa shape index (κ1) is 12.0. The zero-order valence-corrected chi connectivity index (χ0v) is 9.06. The van der Waals surface area contributed by atoms with Crippen LogP contribution in [0.4, 0.5) is 0 Å². The van der Waals surface area contributed by atoms with Crippen LogP contribution in [0.2, 0.25) is 0 Å². The highest BCUT2D eigenvalue weighted by atomic mass is 16.5. The predicted octanol–water partition coefficient (Wildman–Crippen LogP) is 0.609. The Morgan fingerprint density at radius 2 is 1.88 bits per heavy atom. The van der Waals surface area contributed by atoms with Crippen molar-refractivity contribution in [3.8, 4) is 5.75 Å². The Morgan fingerprint density at radius 3 is 2.25 bits per heavy atom. The van der Waals surface area contributed by atoms with E-state index in [1.54, 1.807) is 24.3 Å². The fraction of sp³-hybridized carbons (Fsp3) is 0.273. The van der Waals surface area contributed by atoms with Gasteiger partial charge in [0, 0.05) is 7.05 Å². The minimum atomic E-state index is -1.18. The summed E-state index contributed by atoms with van der Waals surface area (Å²) in [7, 11) is 2.92. The molecule has 0 aromatic heterocycles. The van der Waals surface area contributed by atoms with Gasteiger partial charge in [0.05, 0.1) is 7.11 Å². The van der Waals surface area contributed by atoms with E-state index in [0.717, 1.165) is 0 Å². The van der Waals surface area contributed by atoms with Crippen molar-refractivity contribution in [2.45, 2.75) is 5.92 Å². The van der Waals surface area contributed by atoms with E-state index in [-0.39, 0.29) is 0 Å². The minimum absolute atomic E-state index is 0.424. The number of hydrogen-bond acceptors (Lipinski definition) is 3. The summed E-state index contributed by atoms with van der Waals surface area (Å²) in [4.78, 5) is 22.3. The predicted molar refractivity (Wildman–Crippen MR) is 57.4 cm³/mol. The smallest absolute Gasteiger partial charge is 0.320 e. The van der Waals surface area contributed by atoms with Gasteiger partial charge in [-0.25, -0.2) is 0 Å². The van der Waals surface area contributed by atoms with E-state index in [1.807, 2.05) is 0 Å². The van der Waals surface area contributed by atoms with Crippen molar-refractivity contribution >= 4 is 11.9 Å². The molecule has 1 aromatic carbocycles. The SMILES string of the molecule is CNC(=O)C(C(=O)O)c1ccc(OC)cc1. The quantitative estimate of drug-likeness (QED) is 0.733. The molecule has 0 saturated carbocycles. The molecule has 5 nitrogen and oxygen atoms in total. The summed E-state index contributed by atoms with van der Waals surface area (Å²) >= 11 is 0. The van der Waals surface area contributed by atoms with Crippen LogP contribution in [-0.2, 0) is 9.59 Å². The Bertz CT molecular complexity index is 385. The van der Waals surface area contributed by atoms with E-state index < -0.39 is 17.8 Å². The molecule has 1 amide bonds. The Labute approximate surface area is 93.0 Å². The number of nitrogens with one attached hydrogen (secondary N) is 1. The molecule has 1 atom stereocenters. The number of hydrogen-bond donors (Lipinski definition) is 2. The third-order valence-electron chi connectivity index (χ3n) is 2.20. The highest BCUT2D eigenvalue weighted by molar-refractivity contribution is 6.02. The molecule has 0 bridgehead atoms. The first-order valence-corrected chi connectivity index (χ1v) is 4.68. The molecule has 0 aliphatic rings. The Hall–Kier alpha value is -2.04. The Morgan fingerprint density at radius 1 is 1.31 bits per heavy atom. The molecule has 0 aliphatic carbocycles. The highest BCUT2D eigenvalue weighted by Gasteiger charge is 2.27. The van der Waals surface area contributed by atoms with E-state index in [2.05, 4.69) is 5.32 Å². The fourth-order valence-corrected chi connectivity index (χ4v) is 1.35. The topological polar surface area (TPSA) is 75.6 Å². The van der Waals surface area contributed by atoms with Crippen LogP contribution < -0.4 is 10.1 Å². The van der Waals surface area contributed by atoms with Gasteiger partial charge in [0.15, 0.2) is 5.92 Å². The van der Waals surface area contributed by atoms with Crippen LogP contribution in [0.15, 0.2) is 24.3 Å². The number of benzene rings is 1. The monoisotopic (exact) mass is 223 g/mol. The van der Waals surface area contributed by atoms with E-state index in [9.17, 15) is 9.59 Å². The molecule has 1 unspecified atom stereocenters. The average Bonchev–Trinajstić information content (AvgIpc) is 2.29. The number of ether oxygens (including phenoxy) is 1. The molecular formula is C11H13NO4. The van der Waals surface area contributed by atoms with Gasteiger partial charge in [-0.05, 0) is 17.7 Å². The maximum atomic E-state index is 11.4. The average molecular weight is 223 g/mol. The molecule has 0 fully saturated rings. The van der Waals surface area contributed by atoms with Crippen molar-refractivity contribution in [1.29, 1.82) is 0 Å². The molecule has 1 aromatic rings. The lowest BCUT2D eigenvalue weighted by atomic mass is 9.98. The zero-order valence-electron chi connectivity index (χ0n) is 9.06. The van der Waals surface area contributed by atoms with Crippen LogP contribution in [0.25, 0.3) is 0 Å². The maximum absolute atomic E-state index is 11.4. The van der Waals surface area contributed by atoms with E-state index in [0.29, 0.717) is 11.3 Å². The number of likely N-dealkylation sites (N-methyl/N-ethyl adjacent to an activating group) is 1. The van der Waals surface area contributed by atoms with Crippen molar-refractivity contribution < 1.29 is 19.4 Å². The second-order valence-electron chi connectivity index (χ2n) is 3.16. The largest absolute Gasteiger partial charge is 0.497 e. The second-order valence-corrected chi connectivity index (χ2v) is 3.16. The normalized spacial score (nSPS) is 11.6. The van der Waals surface area contributed by atoms with Crippen LogP contribution in [0.5, 0.6) is 5.75 Å². The van der Waals surface area contributed by atoms with E-state index in [1.165, 1.54) is 14.2 Å². The van der Waals surface area contributed by atoms with Gasteiger partial charge in [0.2, 0.25) is 5.91 Å². The van der Waals surface area contributed by atoms with Gasteiger partial charge < -0.3 is 15.2 Å². The van der Waals surface area contributed by atoms with Gasteiger partial charge in [0.1, 0.15) is 5.75 Å². The summed E-state index contributed by atoms with van der Waals surface area (Å²) in [6.45, 7) is 0. The summed E-state index contributed by atoms with van der Waals surface area (Å²) in [6.07, 6.45) is 0. The Kier molecular flexibility index (Phi) is 3.88. The van der Waals surface area contributed by atoms with E-state index in [4.69, 9.17) is 9.84 Å². The zero-order chi connectivity index (χ0) is 12.1. The molecule has 86 valence electrons. The van der Waals surface area contributed by atoms with Gasteiger partial charge in [0.25, 0.3) is 0 Å². The third kappa shape index (κ3) is 2.50. The lowest BCUT2D eigenvalue weighted by Crippen LogP contribution is -2.31. The Balaban J connectivity index is 3.02. The molecule has 0 heterocycles. The fourth-order valence-electron chi connectivity index (χ4n) is 1.35. The van der Waals surface area contributed by atoms with Crippen LogP contribution in [0, 0.1) is 0 Å². The first-order valence-electron chi connectivity index (χ1n) is 4.68. The molecule has 0 aliphatic heterocycles. The molecule has 0 spiro atoms. The van der Waals surface area contributed by atoms with Crippen LogP contribution in [0.1, 0.15) is 11.5 Å². The molecular weight excluding hydrogens is 210 g/mol. The summed E-state index contributed by atoms with van der Waals surface area (Å²) in [5.74, 6) is -2.29. The number of carboxylic acids is 1. The molecule has 5 heteroatoms. The second kappa shape index (κ2) is 5.16. The van der Waals surface area contributed by atoms with Crippen molar-refractivity contribution in [1.82, 2.24) is 5.32 Å². The first-order chi connectivity index (χ1) is 7.60. The van der Waals surface area contributed by atoms with Gasteiger partial charge >= 0.3 is 5.97 Å². The summed E-state index contributed by atoms with van der Waals surface area (Å²) in [5.41, 5.74) is 0.424. The van der Waals surface area contributed by atoms with Gasteiger partial charge in [-0.3, -0.25) is 9.59 Å². The van der Waals surface area contributed by atoms with E-state index >= 15 is 0 Å². The van der Waals surface area contributed by atoms with Crippen molar-refractivity contribution in [2.24, 2.45) is 0 Å². The lowest BCUT2D eigenvalue weighted by molar-refractivity contribution is -0.143. The van der Waals surface area contributed by atoms with Crippen LogP contribution >= 0.6 is 0 Å². The molecule has 2 N–H and O–H groups in total. The molecule has 1 rings (SSSR count). The van der Waals surface area contributed by atoms with Gasteiger partial charge in [-0.2, -0.15) is 0 Å². The lowest BCUT2D eigenvalue weighted by Gasteiger charge is -2.11. The highest BCUT2D eigenvalue weighted by Crippen LogP contribution is 2.19. The van der Waals surface area contributed by atoms with Crippen LogP contribution in [0.3, 0.4) is 0 Å². The standard InChI is InChI=1S/C11H13NO4/c1-12-10(13)9(11(14)15)7-3-5-8(16-2)6-4-7/h3-6,9H,1-2H3,(H,12,13)(H,14,15). The number of rotatable bonds is 4. The van der Waals surface area contributed by atoms with Crippen molar-refractivity contribution in [2.75, 3.05) is 14.2 Å². The number of amides is 1. The number of carboxylic acid groups (broad SMARTS) is 1.